The second-order valence-electron chi connectivity index (χ2n) is 6.38. The van der Waals surface area contributed by atoms with E-state index in [1.807, 2.05) is 40.9 Å². The lowest BCUT2D eigenvalue weighted by molar-refractivity contribution is -0.136. The average Bonchev–Trinajstić information content (AvgIpc) is 3.22. The Balaban J connectivity index is 1.56. The molecule has 0 saturated carbocycles. The van der Waals surface area contributed by atoms with E-state index in [4.69, 9.17) is 11.6 Å². The predicted molar refractivity (Wildman–Crippen MR) is 93.8 cm³/mol. The summed E-state index contributed by atoms with van der Waals surface area (Å²) in [6, 6.07) is 7.79. The van der Waals surface area contributed by atoms with E-state index in [2.05, 4.69) is 16.1 Å². The van der Waals surface area contributed by atoms with Crippen LogP contribution >= 0.6 is 11.6 Å². The first-order valence-corrected chi connectivity index (χ1v) is 8.55. The van der Waals surface area contributed by atoms with Crippen LogP contribution in [-0.2, 0) is 24.3 Å². The SMILES string of the molecule is CC(Cn1cccn1)C(=O)N1CCc2[nH]c3c(Cl)cccc3c2C1. The highest BCUT2D eigenvalue weighted by Gasteiger charge is 2.27. The van der Waals surface area contributed by atoms with Gasteiger partial charge in [0, 0.05) is 48.5 Å². The Morgan fingerprint density at radius 3 is 3.08 bits per heavy atom. The molecule has 1 N–H and O–H groups in total. The van der Waals surface area contributed by atoms with Gasteiger partial charge in [0.1, 0.15) is 0 Å². The van der Waals surface area contributed by atoms with Gasteiger partial charge in [0.2, 0.25) is 5.91 Å². The van der Waals surface area contributed by atoms with Gasteiger partial charge in [0.25, 0.3) is 0 Å². The maximum Gasteiger partial charge on any atom is 0.227 e. The molecule has 4 rings (SSSR count). The fourth-order valence-corrected chi connectivity index (χ4v) is 3.69. The predicted octanol–water partition coefficient (Wildman–Crippen LogP) is 3.24. The highest BCUT2D eigenvalue weighted by Crippen LogP contribution is 2.32. The number of nitrogens with one attached hydrogen (secondary N) is 1. The number of para-hydroxylation sites is 1. The number of carbonyl (C=O) groups is 1. The van der Waals surface area contributed by atoms with Crippen LogP contribution in [0.3, 0.4) is 0 Å². The van der Waals surface area contributed by atoms with E-state index in [1.54, 1.807) is 6.20 Å². The second-order valence-corrected chi connectivity index (χ2v) is 6.79. The first kappa shape index (κ1) is 15.3. The van der Waals surface area contributed by atoms with Gasteiger partial charge >= 0.3 is 0 Å². The Kier molecular flexibility index (Phi) is 3.81. The number of aromatic amines is 1. The minimum Gasteiger partial charge on any atom is -0.357 e. The summed E-state index contributed by atoms with van der Waals surface area (Å²) < 4.78 is 1.81. The zero-order chi connectivity index (χ0) is 16.7. The first-order chi connectivity index (χ1) is 11.6. The van der Waals surface area contributed by atoms with Crippen molar-refractivity contribution in [1.29, 1.82) is 0 Å². The minimum absolute atomic E-state index is 0.0970. The van der Waals surface area contributed by atoms with Crippen molar-refractivity contribution < 1.29 is 4.79 Å². The van der Waals surface area contributed by atoms with Gasteiger partial charge in [-0.05, 0) is 12.1 Å². The molecule has 1 unspecified atom stereocenters. The third kappa shape index (κ3) is 2.59. The molecule has 3 aromatic rings. The third-order valence-corrected chi connectivity index (χ3v) is 5.03. The summed E-state index contributed by atoms with van der Waals surface area (Å²) in [7, 11) is 0. The van der Waals surface area contributed by atoms with Crippen LogP contribution in [0, 0.1) is 5.92 Å². The van der Waals surface area contributed by atoms with Crippen molar-refractivity contribution in [2.45, 2.75) is 26.4 Å². The summed E-state index contributed by atoms with van der Waals surface area (Å²) in [5, 5.41) is 6.04. The molecule has 0 radical (unpaired) electrons. The Bertz CT molecular complexity index is 884. The van der Waals surface area contributed by atoms with Gasteiger partial charge in [-0.1, -0.05) is 30.7 Å². The number of aromatic nitrogens is 3. The van der Waals surface area contributed by atoms with Crippen LogP contribution in [0.2, 0.25) is 5.02 Å². The number of H-pyrrole nitrogens is 1. The number of rotatable bonds is 3. The highest BCUT2D eigenvalue weighted by molar-refractivity contribution is 6.35. The van der Waals surface area contributed by atoms with E-state index in [0.717, 1.165) is 28.9 Å². The van der Waals surface area contributed by atoms with Crippen LogP contribution in [-0.4, -0.2) is 32.1 Å². The van der Waals surface area contributed by atoms with E-state index in [-0.39, 0.29) is 11.8 Å². The maximum atomic E-state index is 12.8. The molecule has 1 aliphatic heterocycles. The van der Waals surface area contributed by atoms with Gasteiger partial charge in [0.05, 0.1) is 23.0 Å². The van der Waals surface area contributed by atoms with E-state index in [0.29, 0.717) is 13.1 Å². The van der Waals surface area contributed by atoms with E-state index >= 15 is 0 Å². The van der Waals surface area contributed by atoms with Gasteiger partial charge in [-0.2, -0.15) is 5.10 Å². The van der Waals surface area contributed by atoms with Crippen LogP contribution in [0.1, 0.15) is 18.2 Å². The molecule has 1 aromatic carbocycles. The summed E-state index contributed by atoms with van der Waals surface area (Å²) in [6.07, 6.45) is 4.46. The molecule has 2 aromatic heterocycles. The van der Waals surface area contributed by atoms with Gasteiger partial charge in [-0.25, -0.2) is 0 Å². The summed E-state index contributed by atoms with van der Waals surface area (Å²) in [5.74, 6) is 0.0766. The monoisotopic (exact) mass is 342 g/mol. The molecule has 0 fully saturated rings. The molecule has 0 spiro atoms. The minimum atomic E-state index is -0.0970. The Morgan fingerprint density at radius 2 is 2.29 bits per heavy atom. The molecule has 3 heterocycles. The molecule has 6 heteroatoms. The van der Waals surface area contributed by atoms with Crippen molar-refractivity contribution in [1.82, 2.24) is 19.7 Å². The number of carbonyl (C=O) groups excluding carboxylic acids is 1. The zero-order valence-corrected chi connectivity index (χ0v) is 14.3. The van der Waals surface area contributed by atoms with Gasteiger partial charge in [-0.15, -0.1) is 0 Å². The molecule has 1 aliphatic rings. The largest absolute Gasteiger partial charge is 0.357 e. The molecular formula is C18H19ClN4O. The molecule has 5 nitrogen and oxygen atoms in total. The zero-order valence-electron chi connectivity index (χ0n) is 13.5. The molecule has 24 heavy (non-hydrogen) atoms. The van der Waals surface area contributed by atoms with Gasteiger partial charge in [0.15, 0.2) is 0 Å². The summed E-state index contributed by atoms with van der Waals surface area (Å²) in [5.41, 5.74) is 3.36. The number of nitrogens with zero attached hydrogens (tertiary/aromatic N) is 3. The molecule has 0 bridgehead atoms. The number of halogens is 1. The molecule has 0 saturated heterocycles. The van der Waals surface area contributed by atoms with E-state index in [9.17, 15) is 4.79 Å². The first-order valence-electron chi connectivity index (χ1n) is 8.17. The summed E-state index contributed by atoms with van der Waals surface area (Å²) in [6.45, 7) is 3.94. The van der Waals surface area contributed by atoms with Crippen LogP contribution in [0.4, 0.5) is 0 Å². The lowest BCUT2D eigenvalue weighted by Gasteiger charge is -2.29. The van der Waals surface area contributed by atoms with Gasteiger partial charge < -0.3 is 9.88 Å². The van der Waals surface area contributed by atoms with Gasteiger partial charge in [-0.3, -0.25) is 9.48 Å². The lowest BCUT2D eigenvalue weighted by Crippen LogP contribution is -2.40. The standard InChI is InChI=1S/C18H19ClN4O/c1-12(10-23-8-3-7-20-23)18(24)22-9-6-16-14(11-22)13-4-2-5-15(19)17(13)21-16/h2-5,7-8,12,21H,6,9-11H2,1H3. The highest BCUT2D eigenvalue weighted by atomic mass is 35.5. The van der Waals surface area contributed by atoms with Crippen molar-refractivity contribution in [3.8, 4) is 0 Å². The molecular weight excluding hydrogens is 324 g/mol. The molecule has 0 aliphatic carbocycles. The van der Waals surface area contributed by atoms with Crippen LogP contribution in [0.25, 0.3) is 10.9 Å². The fourth-order valence-electron chi connectivity index (χ4n) is 3.47. The fraction of sp³-hybridized carbons (Fsp3) is 0.333. The number of fused-ring (bicyclic) bond motifs is 3. The van der Waals surface area contributed by atoms with Crippen molar-refractivity contribution >= 4 is 28.4 Å². The van der Waals surface area contributed by atoms with E-state index in [1.165, 1.54) is 11.3 Å². The topological polar surface area (TPSA) is 53.9 Å². The second kappa shape index (κ2) is 5.98. The van der Waals surface area contributed by atoms with Crippen molar-refractivity contribution in [3.05, 3.63) is 52.9 Å². The molecule has 1 atom stereocenters. The number of hydrogen-bond donors (Lipinski definition) is 1. The smallest absolute Gasteiger partial charge is 0.227 e. The normalized spacial score (nSPS) is 15.5. The number of amides is 1. The molecule has 1 amide bonds. The molecule has 124 valence electrons. The maximum absolute atomic E-state index is 12.8. The quantitative estimate of drug-likeness (QED) is 0.794. The number of benzene rings is 1. The average molecular weight is 343 g/mol. The van der Waals surface area contributed by atoms with Crippen molar-refractivity contribution in [2.24, 2.45) is 5.92 Å². The summed E-state index contributed by atoms with van der Waals surface area (Å²) >= 11 is 6.28. The Labute approximate surface area is 145 Å². The summed E-state index contributed by atoms with van der Waals surface area (Å²) in [4.78, 5) is 18.2. The van der Waals surface area contributed by atoms with Crippen LogP contribution in [0.5, 0.6) is 0 Å². The van der Waals surface area contributed by atoms with Crippen molar-refractivity contribution in [3.63, 3.8) is 0 Å². The van der Waals surface area contributed by atoms with Crippen LogP contribution < -0.4 is 0 Å². The van der Waals surface area contributed by atoms with Crippen molar-refractivity contribution in [2.75, 3.05) is 6.54 Å². The van der Waals surface area contributed by atoms with E-state index < -0.39 is 0 Å². The Morgan fingerprint density at radius 1 is 1.42 bits per heavy atom. The Hall–Kier alpha value is -2.27. The van der Waals surface area contributed by atoms with Crippen LogP contribution in [0.15, 0.2) is 36.7 Å². The third-order valence-electron chi connectivity index (χ3n) is 4.71. The number of hydrogen-bond acceptors (Lipinski definition) is 2. The lowest BCUT2D eigenvalue weighted by atomic mass is 10.0.